The normalized spacial score (nSPS) is 10.2. The van der Waals surface area contributed by atoms with Crippen LogP contribution in [-0.4, -0.2) is 16.5 Å². The summed E-state index contributed by atoms with van der Waals surface area (Å²) in [5, 5.41) is 6.97. The summed E-state index contributed by atoms with van der Waals surface area (Å²) in [5.41, 5.74) is 1.67. The molecular formula is C13H15ClF3N3. The molecule has 2 rings (SSSR count). The van der Waals surface area contributed by atoms with Crippen molar-refractivity contribution in [2.75, 3.05) is 12.0 Å². The Morgan fingerprint density at radius 3 is 2.75 bits per heavy atom. The SMILES string of the molecule is Cc1c(NCc2cccc(F)c2F)cnn1CCF.Cl. The third-order valence-corrected chi connectivity index (χ3v) is 2.90. The van der Waals surface area contributed by atoms with Crippen molar-refractivity contribution >= 4 is 18.1 Å². The third-order valence-electron chi connectivity index (χ3n) is 2.90. The number of halogens is 4. The molecule has 0 aliphatic rings. The molecular weight excluding hydrogens is 291 g/mol. The maximum Gasteiger partial charge on any atom is 0.163 e. The summed E-state index contributed by atoms with van der Waals surface area (Å²) in [4.78, 5) is 0. The molecule has 1 N–H and O–H groups in total. The van der Waals surface area contributed by atoms with Crippen LogP contribution in [0.25, 0.3) is 0 Å². The molecule has 0 bridgehead atoms. The van der Waals surface area contributed by atoms with Gasteiger partial charge in [0.2, 0.25) is 0 Å². The third kappa shape index (κ3) is 3.45. The van der Waals surface area contributed by atoms with E-state index in [4.69, 9.17) is 0 Å². The van der Waals surface area contributed by atoms with Crippen LogP contribution in [0.5, 0.6) is 0 Å². The van der Waals surface area contributed by atoms with E-state index in [0.29, 0.717) is 5.69 Å². The molecule has 0 amide bonds. The number of aryl methyl sites for hydroxylation is 1. The zero-order valence-corrected chi connectivity index (χ0v) is 11.7. The highest BCUT2D eigenvalue weighted by atomic mass is 35.5. The van der Waals surface area contributed by atoms with Crippen molar-refractivity contribution in [2.24, 2.45) is 0 Å². The lowest BCUT2D eigenvalue weighted by atomic mass is 10.2. The molecule has 1 heterocycles. The maximum atomic E-state index is 13.4. The number of hydrogen-bond acceptors (Lipinski definition) is 2. The molecule has 1 aromatic heterocycles. The minimum Gasteiger partial charge on any atom is -0.378 e. The summed E-state index contributed by atoms with van der Waals surface area (Å²) in [5.74, 6) is -1.73. The van der Waals surface area contributed by atoms with Crippen LogP contribution in [0.4, 0.5) is 18.9 Å². The largest absolute Gasteiger partial charge is 0.378 e. The minimum atomic E-state index is -0.871. The Balaban J connectivity index is 0.00000200. The first-order chi connectivity index (χ1) is 9.13. The Morgan fingerprint density at radius 2 is 2.05 bits per heavy atom. The highest BCUT2D eigenvalue weighted by molar-refractivity contribution is 5.85. The molecule has 0 aliphatic carbocycles. The van der Waals surface area contributed by atoms with Crippen LogP contribution in [0.15, 0.2) is 24.4 Å². The van der Waals surface area contributed by atoms with Crippen LogP contribution >= 0.6 is 12.4 Å². The van der Waals surface area contributed by atoms with Gasteiger partial charge in [-0.25, -0.2) is 13.2 Å². The number of nitrogens with zero attached hydrogens (tertiary/aromatic N) is 2. The Morgan fingerprint density at radius 1 is 1.30 bits per heavy atom. The van der Waals surface area contributed by atoms with Crippen LogP contribution in [-0.2, 0) is 13.1 Å². The molecule has 2 aromatic rings. The van der Waals surface area contributed by atoms with Crippen LogP contribution in [0.2, 0.25) is 0 Å². The number of anilines is 1. The van der Waals surface area contributed by atoms with Gasteiger partial charge in [-0.05, 0) is 13.0 Å². The first-order valence-corrected chi connectivity index (χ1v) is 5.88. The van der Waals surface area contributed by atoms with E-state index < -0.39 is 18.3 Å². The van der Waals surface area contributed by atoms with Crippen LogP contribution in [0.1, 0.15) is 11.3 Å². The lowest BCUT2D eigenvalue weighted by molar-refractivity contribution is 0.423. The van der Waals surface area contributed by atoms with Crippen LogP contribution in [0, 0.1) is 18.6 Å². The van der Waals surface area contributed by atoms with Gasteiger partial charge in [-0.15, -0.1) is 12.4 Å². The van der Waals surface area contributed by atoms with Gasteiger partial charge in [-0.3, -0.25) is 4.68 Å². The summed E-state index contributed by atoms with van der Waals surface area (Å²) >= 11 is 0. The average molecular weight is 306 g/mol. The quantitative estimate of drug-likeness (QED) is 0.916. The molecule has 0 fully saturated rings. The molecule has 3 nitrogen and oxygen atoms in total. The fourth-order valence-electron chi connectivity index (χ4n) is 1.80. The van der Waals surface area contributed by atoms with Crippen LogP contribution in [0.3, 0.4) is 0 Å². The predicted molar refractivity (Wildman–Crippen MR) is 73.9 cm³/mol. The summed E-state index contributed by atoms with van der Waals surface area (Å²) in [6.45, 7) is 1.61. The zero-order chi connectivity index (χ0) is 13.8. The van der Waals surface area contributed by atoms with Crippen LogP contribution < -0.4 is 5.32 Å². The first kappa shape index (κ1) is 16.4. The smallest absolute Gasteiger partial charge is 0.163 e. The molecule has 0 spiro atoms. The lowest BCUT2D eigenvalue weighted by Crippen LogP contribution is -2.06. The Kier molecular flexibility index (Phi) is 5.88. The molecule has 1 aromatic carbocycles. The fourth-order valence-corrected chi connectivity index (χ4v) is 1.80. The van der Waals surface area contributed by atoms with Crippen molar-refractivity contribution in [1.82, 2.24) is 9.78 Å². The first-order valence-electron chi connectivity index (χ1n) is 5.88. The Hall–Kier alpha value is -1.69. The van der Waals surface area contributed by atoms with Crippen molar-refractivity contribution in [3.63, 3.8) is 0 Å². The summed E-state index contributed by atoms with van der Waals surface area (Å²) in [6, 6.07) is 4.03. The van der Waals surface area contributed by atoms with E-state index in [1.807, 2.05) is 0 Å². The molecule has 0 saturated carbocycles. The molecule has 0 radical (unpaired) electrons. The average Bonchev–Trinajstić information content (AvgIpc) is 2.74. The number of rotatable bonds is 5. The second kappa shape index (κ2) is 7.19. The number of aromatic nitrogens is 2. The van der Waals surface area contributed by atoms with Gasteiger partial charge in [0.25, 0.3) is 0 Å². The molecule has 7 heteroatoms. The molecule has 20 heavy (non-hydrogen) atoms. The fraction of sp³-hybridized carbons (Fsp3) is 0.308. The van der Waals surface area contributed by atoms with E-state index in [2.05, 4.69) is 10.4 Å². The summed E-state index contributed by atoms with van der Waals surface area (Å²) in [6.07, 6.45) is 1.54. The van der Waals surface area contributed by atoms with Gasteiger partial charge in [0.1, 0.15) is 6.67 Å². The summed E-state index contributed by atoms with van der Waals surface area (Å²) in [7, 11) is 0. The van der Waals surface area contributed by atoms with Crippen molar-refractivity contribution in [1.29, 1.82) is 0 Å². The second-order valence-electron chi connectivity index (χ2n) is 4.12. The lowest BCUT2D eigenvalue weighted by Gasteiger charge is -2.07. The van der Waals surface area contributed by atoms with Crippen molar-refractivity contribution in [3.8, 4) is 0 Å². The summed E-state index contributed by atoms with van der Waals surface area (Å²) < 4.78 is 40.2. The van der Waals surface area contributed by atoms with Gasteiger partial charge in [0, 0.05) is 12.1 Å². The Bertz CT molecular complexity index is 572. The van der Waals surface area contributed by atoms with E-state index in [-0.39, 0.29) is 31.1 Å². The van der Waals surface area contributed by atoms with Gasteiger partial charge >= 0.3 is 0 Å². The number of benzene rings is 1. The van der Waals surface area contributed by atoms with Crippen molar-refractivity contribution < 1.29 is 13.2 Å². The van der Waals surface area contributed by atoms with E-state index in [0.717, 1.165) is 11.8 Å². The highest BCUT2D eigenvalue weighted by Gasteiger charge is 2.09. The predicted octanol–water partition coefficient (Wildman–Crippen LogP) is 3.47. The topological polar surface area (TPSA) is 29.9 Å². The maximum absolute atomic E-state index is 13.4. The highest BCUT2D eigenvalue weighted by Crippen LogP contribution is 2.17. The number of alkyl halides is 1. The minimum absolute atomic E-state index is 0. The van der Waals surface area contributed by atoms with E-state index in [1.165, 1.54) is 16.8 Å². The van der Waals surface area contributed by atoms with Gasteiger partial charge in [0.05, 0.1) is 24.1 Å². The standard InChI is InChI=1S/C13H14F3N3.ClH/c1-9-12(8-18-19(9)6-5-14)17-7-10-3-2-4-11(15)13(10)16;/h2-4,8,17H,5-7H2,1H3;1H. The van der Waals surface area contributed by atoms with E-state index >= 15 is 0 Å². The van der Waals surface area contributed by atoms with Crippen molar-refractivity contribution in [3.05, 3.63) is 47.3 Å². The molecule has 0 saturated heterocycles. The van der Waals surface area contributed by atoms with Gasteiger partial charge in [-0.2, -0.15) is 5.10 Å². The Labute approximate surface area is 121 Å². The number of hydrogen-bond donors (Lipinski definition) is 1. The monoisotopic (exact) mass is 305 g/mol. The number of nitrogens with one attached hydrogen (secondary N) is 1. The second-order valence-corrected chi connectivity index (χ2v) is 4.12. The van der Waals surface area contributed by atoms with Crippen molar-refractivity contribution in [2.45, 2.75) is 20.0 Å². The molecule has 0 atom stereocenters. The van der Waals surface area contributed by atoms with Gasteiger partial charge in [-0.1, -0.05) is 12.1 Å². The molecule has 110 valence electrons. The zero-order valence-electron chi connectivity index (χ0n) is 10.9. The molecule has 0 aliphatic heterocycles. The van der Waals surface area contributed by atoms with E-state index in [1.54, 1.807) is 13.1 Å². The van der Waals surface area contributed by atoms with E-state index in [9.17, 15) is 13.2 Å². The molecule has 0 unspecified atom stereocenters. The van der Waals surface area contributed by atoms with Gasteiger partial charge in [0.15, 0.2) is 11.6 Å². The van der Waals surface area contributed by atoms with Gasteiger partial charge < -0.3 is 5.32 Å².